The van der Waals surface area contributed by atoms with Crippen molar-refractivity contribution in [2.75, 3.05) is 19.6 Å². The second kappa shape index (κ2) is 9.90. The van der Waals surface area contributed by atoms with E-state index in [-0.39, 0.29) is 5.82 Å². The maximum Gasteiger partial charge on any atom is 0.191 e. The molecule has 1 aromatic heterocycles. The average Bonchev–Trinajstić information content (AvgIpc) is 3.10. The van der Waals surface area contributed by atoms with E-state index in [4.69, 9.17) is 0 Å². The van der Waals surface area contributed by atoms with Gasteiger partial charge >= 0.3 is 0 Å². The van der Waals surface area contributed by atoms with E-state index in [9.17, 15) is 9.50 Å². The van der Waals surface area contributed by atoms with Gasteiger partial charge in [0.1, 0.15) is 5.82 Å². The smallest absolute Gasteiger partial charge is 0.191 e. The van der Waals surface area contributed by atoms with Crippen LogP contribution >= 0.6 is 0 Å². The van der Waals surface area contributed by atoms with E-state index in [0.29, 0.717) is 25.5 Å². The van der Waals surface area contributed by atoms with Crippen LogP contribution in [0.2, 0.25) is 0 Å². The summed E-state index contributed by atoms with van der Waals surface area (Å²) in [6, 6.07) is 14.4. The maximum atomic E-state index is 13.5. The largest absolute Gasteiger partial charge is 0.388 e. The molecule has 0 radical (unpaired) electrons. The van der Waals surface area contributed by atoms with Gasteiger partial charge in [0.05, 0.1) is 6.10 Å². The van der Waals surface area contributed by atoms with Crippen LogP contribution in [0.5, 0.6) is 0 Å². The lowest BCUT2D eigenvalue weighted by Gasteiger charge is -2.13. The Morgan fingerprint density at radius 3 is 2.79 bits per heavy atom. The van der Waals surface area contributed by atoms with Crippen molar-refractivity contribution in [2.24, 2.45) is 4.99 Å². The highest BCUT2D eigenvalue weighted by molar-refractivity contribution is 5.83. The highest BCUT2D eigenvalue weighted by Crippen LogP contribution is 2.19. The summed E-state index contributed by atoms with van der Waals surface area (Å²) in [5, 5.41) is 17.7. The van der Waals surface area contributed by atoms with Crippen LogP contribution in [0.25, 0.3) is 10.9 Å². The van der Waals surface area contributed by atoms with Gasteiger partial charge in [-0.25, -0.2) is 4.39 Å². The van der Waals surface area contributed by atoms with Crippen LogP contribution in [0.3, 0.4) is 0 Å². The molecule has 1 atom stereocenters. The minimum Gasteiger partial charge on any atom is -0.388 e. The number of benzene rings is 2. The molecule has 0 aliphatic heterocycles. The Bertz CT molecular complexity index is 907. The molecule has 5 nitrogen and oxygen atoms in total. The van der Waals surface area contributed by atoms with Crippen molar-refractivity contribution in [3.63, 3.8) is 0 Å². The van der Waals surface area contributed by atoms with Crippen LogP contribution in [0.15, 0.2) is 59.7 Å². The molecule has 0 aliphatic rings. The van der Waals surface area contributed by atoms with Crippen LogP contribution in [0.1, 0.15) is 30.6 Å². The van der Waals surface area contributed by atoms with Crippen LogP contribution in [-0.2, 0) is 6.42 Å². The topological polar surface area (TPSA) is 72.4 Å². The molecular weight excluding hydrogens is 355 g/mol. The standard InChI is InChI=1S/C22H27FN4O/c1-2-24-22(26-13-11-21(28)16-6-4-3-5-7-16)25-12-10-17-15-27-20-9-8-18(23)14-19(17)20/h3-9,14-15,21,27-28H,2,10-13H2,1H3,(H2,24,25,26). The van der Waals surface area contributed by atoms with Crippen molar-refractivity contribution >= 4 is 16.9 Å². The Kier molecular flexibility index (Phi) is 7.03. The summed E-state index contributed by atoms with van der Waals surface area (Å²) in [4.78, 5) is 7.71. The fourth-order valence-corrected chi connectivity index (χ4v) is 3.16. The Morgan fingerprint density at radius 1 is 1.18 bits per heavy atom. The van der Waals surface area contributed by atoms with Gasteiger partial charge in [-0.05, 0) is 49.1 Å². The number of halogens is 1. The fourth-order valence-electron chi connectivity index (χ4n) is 3.16. The molecule has 1 unspecified atom stereocenters. The third-order valence-electron chi connectivity index (χ3n) is 4.62. The Labute approximate surface area is 164 Å². The summed E-state index contributed by atoms with van der Waals surface area (Å²) < 4.78 is 13.5. The number of guanidine groups is 1. The van der Waals surface area contributed by atoms with E-state index in [0.717, 1.165) is 35.0 Å². The first kappa shape index (κ1) is 19.9. The zero-order valence-corrected chi connectivity index (χ0v) is 16.1. The number of nitrogens with zero attached hydrogens (tertiary/aromatic N) is 1. The van der Waals surface area contributed by atoms with Crippen LogP contribution in [0, 0.1) is 5.82 Å². The molecule has 148 valence electrons. The van der Waals surface area contributed by atoms with Crippen LogP contribution < -0.4 is 10.6 Å². The molecular formula is C22H27FN4O. The molecule has 0 bridgehead atoms. The number of nitrogens with one attached hydrogen (secondary N) is 3. The Hall–Kier alpha value is -2.86. The van der Waals surface area contributed by atoms with E-state index in [1.165, 1.54) is 6.07 Å². The molecule has 2 aromatic carbocycles. The Balaban J connectivity index is 1.52. The predicted molar refractivity (Wildman–Crippen MR) is 112 cm³/mol. The minimum absolute atomic E-state index is 0.229. The normalized spacial score (nSPS) is 12.9. The highest BCUT2D eigenvalue weighted by atomic mass is 19.1. The van der Waals surface area contributed by atoms with Gasteiger partial charge in [0.2, 0.25) is 0 Å². The van der Waals surface area contributed by atoms with Crippen LogP contribution in [0.4, 0.5) is 4.39 Å². The summed E-state index contributed by atoms with van der Waals surface area (Å²) >= 11 is 0. The Morgan fingerprint density at radius 2 is 2.00 bits per heavy atom. The van der Waals surface area contributed by atoms with Crippen molar-refractivity contribution < 1.29 is 9.50 Å². The minimum atomic E-state index is -0.519. The first-order valence-electron chi connectivity index (χ1n) is 9.68. The first-order valence-corrected chi connectivity index (χ1v) is 9.68. The van der Waals surface area contributed by atoms with Crippen molar-refractivity contribution in [1.82, 2.24) is 15.6 Å². The molecule has 0 aliphatic carbocycles. The summed E-state index contributed by atoms with van der Waals surface area (Å²) in [6.07, 6.45) is 2.71. The van der Waals surface area contributed by atoms with Gasteiger partial charge in [-0.1, -0.05) is 30.3 Å². The van der Waals surface area contributed by atoms with Crippen molar-refractivity contribution in [1.29, 1.82) is 0 Å². The number of aliphatic hydroxyl groups excluding tert-OH is 1. The summed E-state index contributed by atoms with van der Waals surface area (Å²) in [6.45, 7) is 3.96. The predicted octanol–water partition coefficient (Wildman–Crippen LogP) is 3.53. The summed E-state index contributed by atoms with van der Waals surface area (Å²) in [5.41, 5.74) is 2.91. The van der Waals surface area contributed by atoms with Gasteiger partial charge in [-0.3, -0.25) is 4.99 Å². The number of hydrogen-bond acceptors (Lipinski definition) is 2. The number of hydrogen-bond donors (Lipinski definition) is 4. The van der Waals surface area contributed by atoms with Crippen molar-refractivity contribution in [3.05, 3.63) is 71.7 Å². The lowest BCUT2D eigenvalue weighted by atomic mass is 10.1. The lowest BCUT2D eigenvalue weighted by molar-refractivity contribution is 0.170. The monoisotopic (exact) mass is 382 g/mol. The molecule has 6 heteroatoms. The molecule has 0 saturated carbocycles. The summed E-state index contributed by atoms with van der Waals surface area (Å²) in [7, 11) is 0. The molecule has 0 amide bonds. The fraction of sp³-hybridized carbons (Fsp3) is 0.318. The molecule has 3 aromatic rings. The third-order valence-corrected chi connectivity index (χ3v) is 4.62. The quantitative estimate of drug-likeness (QED) is 0.356. The zero-order chi connectivity index (χ0) is 19.8. The van der Waals surface area contributed by atoms with Gasteiger partial charge in [0, 0.05) is 36.7 Å². The van der Waals surface area contributed by atoms with E-state index in [2.05, 4.69) is 20.6 Å². The molecule has 0 spiro atoms. The van der Waals surface area contributed by atoms with E-state index in [1.807, 2.05) is 43.5 Å². The molecule has 3 rings (SSSR count). The van der Waals surface area contributed by atoms with E-state index < -0.39 is 6.10 Å². The van der Waals surface area contributed by atoms with Gasteiger partial charge in [-0.2, -0.15) is 0 Å². The molecule has 0 fully saturated rings. The molecule has 4 N–H and O–H groups in total. The summed E-state index contributed by atoms with van der Waals surface area (Å²) in [5.74, 6) is 0.488. The number of fused-ring (bicyclic) bond motifs is 1. The number of H-pyrrole nitrogens is 1. The SMILES string of the molecule is CCNC(=NCCC(O)c1ccccc1)NCCc1c[nH]c2ccc(F)cc12. The average molecular weight is 382 g/mol. The number of rotatable bonds is 8. The van der Waals surface area contributed by atoms with Crippen molar-refractivity contribution in [3.8, 4) is 0 Å². The zero-order valence-electron chi connectivity index (χ0n) is 16.1. The van der Waals surface area contributed by atoms with Gasteiger partial charge < -0.3 is 20.7 Å². The molecule has 0 saturated heterocycles. The highest BCUT2D eigenvalue weighted by Gasteiger charge is 2.07. The molecule has 28 heavy (non-hydrogen) atoms. The first-order chi connectivity index (χ1) is 13.7. The second-order valence-electron chi connectivity index (χ2n) is 6.66. The maximum absolute atomic E-state index is 13.5. The van der Waals surface area contributed by atoms with Crippen LogP contribution in [-0.4, -0.2) is 35.7 Å². The van der Waals surface area contributed by atoms with Gasteiger partial charge in [-0.15, -0.1) is 0 Å². The number of aromatic nitrogens is 1. The second-order valence-corrected chi connectivity index (χ2v) is 6.66. The van der Waals surface area contributed by atoms with Gasteiger partial charge in [0.15, 0.2) is 5.96 Å². The molecule has 1 heterocycles. The van der Waals surface area contributed by atoms with Gasteiger partial charge in [0.25, 0.3) is 0 Å². The number of aliphatic hydroxyl groups is 1. The number of aliphatic imine (C=N–C) groups is 1. The van der Waals surface area contributed by atoms with E-state index >= 15 is 0 Å². The van der Waals surface area contributed by atoms with Crippen molar-refractivity contribution in [2.45, 2.75) is 25.9 Å². The van der Waals surface area contributed by atoms with E-state index in [1.54, 1.807) is 12.1 Å². The lowest BCUT2D eigenvalue weighted by Crippen LogP contribution is -2.38. The number of aromatic amines is 1. The third kappa shape index (κ3) is 5.33.